The molecule has 0 fully saturated rings. The van der Waals surface area contributed by atoms with Gasteiger partial charge in [0.1, 0.15) is 0 Å². The summed E-state index contributed by atoms with van der Waals surface area (Å²) in [6.07, 6.45) is 47.7. The van der Waals surface area contributed by atoms with Gasteiger partial charge >= 0.3 is 0 Å². The maximum atomic E-state index is 12.5. The van der Waals surface area contributed by atoms with Crippen molar-refractivity contribution in [2.24, 2.45) is 0 Å². The van der Waals surface area contributed by atoms with E-state index in [1.54, 1.807) is 6.08 Å². The Hall–Kier alpha value is -1.96. The number of nitrogens with one attached hydrogen (secondary N) is 1. The van der Waals surface area contributed by atoms with Crippen LogP contribution in [0.5, 0.6) is 0 Å². The van der Waals surface area contributed by atoms with Crippen molar-refractivity contribution in [3.8, 4) is 0 Å². The molecule has 0 aromatic carbocycles. The van der Waals surface area contributed by atoms with E-state index in [0.29, 0.717) is 6.42 Å². The van der Waals surface area contributed by atoms with Crippen LogP contribution in [0.15, 0.2) is 60.8 Å². The molecule has 0 rings (SSSR count). The molecule has 7 heteroatoms. The van der Waals surface area contributed by atoms with Crippen LogP contribution in [0.3, 0.4) is 0 Å². The molecule has 2 unspecified atom stereocenters. The van der Waals surface area contributed by atoms with E-state index in [2.05, 4.69) is 67.8 Å². The lowest BCUT2D eigenvalue weighted by atomic mass is 10.1. The highest BCUT2D eigenvalue weighted by Crippen LogP contribution is 2.12. The molecule has 0 spiro atoms. The Balaban J connectivity index is 4.01. The van der Waals surface area contributed by atoms with Crippen LogP contribution in [0.4, 0.5) is 0 Å². The highest BCUT2D eigenvalue weighted by atomic mass is 32.2. The fourth-order valence-corrected chi connectivity index (χ4v) is 6.18. The molecule has 278 valence electrons. The molecule has 0 aliphatic carbocycles. The first-order valence-electron chi connectivity index (χ1n) is 19.5. The van der Waals surface area contributed by atoms with Crippen LogP contribution >= 0.6 is 0 Å². The third kappa shape index (κ3) is 35.3. The predicted octanol–water partition coefficient (Wildman–Crippen LogP) is 11.3. The molecule has 0 saturated heterocycles. The summed E-state index contributed by atoms with van der Waals surface area (Å²) < 4.78 is 32.4. The number of hydrogen-bond acceptors (Lipinski definition) is 4. The fraction of sp³-hybridized carbons (Fsp3) is 0.732. The molecular formula is C41H73NO5S. The SMILES string of the molecule is CCCCC/C=C\C/C=C\CCCCCCCCCCCC(=O)NC(CS(=O)(=O)O)C(O)/C=C/CC/C=C/CC/C=C/CCCCCC. The topological polar surface area (TPSA) is 104 Å². The van der Waals surface area contributed by atoms with Gasteiger partial charge in [0.15, 0.2) is 0 Å². The molecule has 48 heavy (non-hydrogen) atoms. The average molecular weight is 692 g/mol. The number of aliphatic hydroxyl groups is 1. The smallest absolute Gasteiger partial charge is 0.267 e. The first-order chi connectivity index (χ1) is 23.3. The van der Waals surface area contributed by atoms with Crippen LogP contribution in [-0.2, 0) is 14.9 Å². The summed E-state index contributed by atoms with van der Waals surface area (Å²) in [5.41, 5.74) is 0. The molecule has 0 aromatic heterocycles. The normalized spacial score (nSPS) is 14.0. The van der Waals surface area contributed by atoms with Crippen molar-refractivity contribution in [3.05, 3.63) is 60.8 Å². The van der Waals surface area contributed by atoms with E-state index in [9.17, 15) is 22.9 Å². The van der Waals surface area contributed by atoms with Crippen molar-refractivity contribution in [1.82, 2.24) is 5.32 Å². The van der Waals surface area contributed by atoms with E-state index >= 15 is 0 Å². The summed E-state index contributed by atoms with van der Waals surface area (Å²) >= 11 is 0. The molecule has 0 aliphatic heterocycles. The highest BCUT2D eigenvalue weighted by molar-refractivity contribution is 7.85. The standard InChI is InChI=1S/C41H73NO5S/c1-3-5-7-9-11-13-15-17-19-20-21-22-23-25-27-29-31-33-35-37-41(44)42-39(38-48(45,46)47)40(43)36-34-32-30-28-26-24-18-16-14-12-10-8-6-4-2/h11,13-14,16-17,19,26,28,34,36,39-40,43H,3-10,12,15,18,20-25,27,29-33,35,37-38H2,1-2H3,(H,42,44)(H,45,46,47)/b13-11-,16-14+,19-17-,28-26+,36-34+. The van der Waals surface area contributed by atoms with Gasteiger partial charge in [0.25, 0.3) is 10.1 Å². The summed E-state index contributed by atoms with van der Waals surface area (Å²) in [5.74, 6) is -1.02. The Labute approximate surface area is 296 Å². The van der Waals surface area contributed by atoms with Crippen LogP contribution in [0.2, 0.25) is 0 Å². The van der Waals surface area contributed by atoms with E-state index in [4.69, 9.17) is 0 Å². The fourth-order valence-electron chi connectivity index (χ4n) is 5.45. The van der Waals surface area contributed by atoms with Gasteiger partial charge in [-0.05, 0) is 77.0 Å². The molecular weight excluding hydrogens is 619 g/mol. The summed E-state index contributed by atoms with van der Waals surface area (Å²) in [5, 5.41) is 13.2. The zero-order valence-corrected chi connectivity index (χ0v) is 31.7. The number of hydrogen-bond donors (Lipinski definition) is 3. The van der Waals surface area contributed by atoms with E-state index in [1.165, 1.54) is 96.0 Å². The van der Waals surface area contributed by atoms with Gasteiger partial charge in [-0.25, -0.2) is 0 Å². The molecule has 3 N–H and O–H groups in total. The Bertz CT molecular complexity index is 983. The maximum Gasteiger partial charge on any atom is 0.267 e. The number of allylic oxidation sites excluding steroid dienone is 9. The van der Waals surface area contributed by atoms with Gasteiger partial charge in [-0.2, -0.15) is 8.42 Å². The third-order valence-corrected chi connectivity index (χ3v) is 9.17. The third-order valence-electron chi connectivity index (χ3n) is 8.39. The lowest BCUT2D eigenvalue weighted by molar-refractivity contribution is -0.122. The average Bonchev–Trinajstić information content (AvgIpc) is 3.05. The number of unbranched alkanes of at least 4 members (excludes halogenated alkanes) is 18. The molecule has 0 heterocycles. The van der Waals surface area contributed by atoms with E-state index in [0.717, 1.165) is 57.8 Å². The molecule has 2 atom stereocenters. The summed E-state index contributed by atoms with van der Waals surface area (Å²) in [6, 6.07) is -1.08. The Morgan fingerprint density at radius 2 is 0.958 bits per heavy atom. The van der Waals surface area contributed by atoms with Crippen LogP contribution < -0.4 is 5.32 Å². The first-order valence-corrected chi connectivity index (χ1v) is 21.1. The Morgan fingerprint density at radius 3 is 1.48 bits per heavy atom. The molecule has 0 aliphatic rings. The van der Waals surface area contributed by atoms with Crippen LogP contribution in [0.25, 0.3) is 0 Å². The minimum absolute atomic E-state index is 0.277. The minimum Gasteiger partial charge on any atom is -0.387 e. The van der Waals surface area contributed by atoms with E-state index in [1.807, 2.05) is 0 Å². The zero-order valence-electron chi connectivity index (χ0n) is 30.8. The predicted molar refractivity (Wildman–Crippen MR) is 207 cm³/mol. The second-order valence-electron chi connectivity index (χ2n) is 13.2. The second-order valence-corrected chi connectivity index (χ2v) is 14.7. The van der Waals surface area contributed by atoms with Gasteiger partial charge < -0.3 is 10.4 Å². The van der Waals surface area contributed by atoms with Gasteiger partial charge in [-0.15, -0.1) is 0 Å². The van der Waals surface area contributed by atoms with Gasteiger partial charge in [0.2, 0.25) is 5.91 Å². The van der Waals surface area contributed by atoms with Gasteiger partial charge in [-0.3, -0.25) is 9.35 Å². The Morgan fingerprint density at radius 1 is 0.562 bits per heavy atom. The largest absolute Gasteiger partial charge is 0.387 e. The number of carbonyl (C=O) groups is 1. The van der Waals surface area contributed by atoms with Crippen molar-refractivity contribution in [1.29, 1.82) is 0 Å². The monoisotopic (exact) mass is 692 g/mol. The summed E-state index contributed by atoms with van der Waals surface area (Å²) in [4.78, 5) is 12.5. The molecule has 0 saturated carbocycles. The van der Waals surface area contributed by atoms with Gasteiger partial charge in [-0.1, -0.05) is 152 Å². The molecule has 6 nitrogen and oxygen atoms in total. The Kier molecular flexibility index (Phi) is 33.5. The lowest BCUT2D eigenvalue weighted by Crippen LogP contribution is -2.46. The number of rotatable bonds is 34. The van der Waals surface area contributed by atoms with Crippen molar-refractivity contribution >= 4 is 16.0 Å². The quantitative estimate of drug-likeness (QED) is 0.0354. The molecule has 0 aromatic rings. The number of aliphatic hydroxyl groups excluding tert-OH is 1. The van der Waals surface area contributed by atoms with Gasteiger partial charge in [0.05, 0.1) is 17.9 Å². The minimum atomic E-state index is -4.36. The molecule has 1 amide bonds. The van der Waals surface area contributed by atoms with Crippen LogP contribution in [0, 0.1) is 0 Å². The highest BCUT2D eigenvalue weighted by Gasteiger charge is 2.24. The van der Waals surface area contributed by atoms with Crippen molar-refractivity contribution in [2.45, 2.75) is 187 Å². The van der Waals surface area contributed by atoms with E-state index < -0.39 is 28.0 Å². The number of amides is 1. The molecule has 0 radical (unpaired) electrons. The van der Waals surface area contributed by atoms with E-state index in [-0.39, 0.29) is 12.3 Å². The molecule has 0 bridgehead atoms. The zero-order chi connectivity index (χ0) is 35.4. The van der Waals surface area contributed by atoms with Crippen molar-refractivity contribution in [2.75, 3.05) is 5.75 Å². The van der Waals surface area contributed by atoms with Crippen LogP contribution in [-0.4, -0.2) is 41.9 Å². The summed E-state index contributed by atoms with van der Waals surface area (Å²) in [6.45, 7) is 4.46. The number of carbonyl (C=O) groups excluding carboxylic acids is 1. The van der Waals surface area contributed by atoms with Crippen molar-refractivity contribution < 1.29 is 22.9 Å². The van der Waals surface area contributed by atoms with Gasteiger partial charge in [0, 0.05) is 6.42 Å². The second kappa shape index (κ2) is 34.9. The first kappa shape index (κ1) is 46.0. The van der Waals surface area contributed by atoms with Crippen LogP contribution in [0.1, 0.15) is 174 Å². The maximum absolute atomic E-state index is 12.5. The van der Waals surface area contributed by atoms with Crippen molar-refractivity contribution in [3.63, 3.8) is 0 Å². The summed E-state index contributed by atoms with van der Waals surface area (Å²) in [7, 11) is -4.36. The lowest BCUT2D eigenvalue weighted by Gasteiger charge is -2.21.